The van der Waals surface area contributed by atoms with Gasteiger partial charge in [-0.05, 0) is 44.4 Å². The summed E-state index contributed by atoms with van der Waals surface area (Å²) >= 11 is 0. The lowest BCUT2D eigenvalue weighted by Gasteiger charge is -2.33. The van der Waals surface area contributed by atoms with E-state index < -0.39 is 0 Å². The van der Waals surface area contributed by atoms with Crippen LogP contribution in [0.2, 0.25) is 0 Å². The zero-order chi connectivity index (χ0) is 11.0. The van der Waals surface area contributed by atoms with Gasteiger partial charge in [-0.1, -0.05) is 12.8 Å². The van der Waals surface area contributed by atoms with Gasteiger partial charge in [-0.25, -0.2) is 0 Å². The highest BCUT2D eigenvalue weighted by molar-refractivity contribution is 5.48. The number of hydrogen-bond donors (Lipinski definition) is 2. The van der Waals surface area contributed by atoms with Gasteiger partial charge in [0, 0.05) is 17.8 Å². The number of nitrogens with one attached hydrogen (secondary N) is 2. The molecule has 3 nitrogen and oxygen atoms in total. The number of H-pyrrole nitrogens is 1. The van der Waals surface area contributed by atoms with Crippen LogP contribution in [0, 0.1) is 5.41 Å². The Balaban J connectivity index is 1.88. The second-order valence-corrected chi connectivity index (χ2v) is 5.44. The number of nitrogens with zero attached hydrogens (tertiary/aromatic N) is 1. The normalized spacial score (nSPS) is 22.3. The molecule has 16 heavy (non-hydrogen) atoms. The summed E-state index contributed by atoms with van der Waals surface area (Å²) in [4.78, 5) is 0. The van der Waals surface area contributed by atoms with Crippen molar-refractivity contribution in [3.05, 3.63) is 11.3 Å². The molecular formula is C13H21N3. The first kappa shape index (κ1) is 10.2. The van der Waals surface area contributed by atoms with E-state index in [0.717, 1.165) is 12.4 Å². The van der Waals surface area contributed by atoms with Crippen LogP contribution < -0.4 is 5.32 Å². The number of hydrogen-bond acceptors (Lipinski definition) is 2. The van der Waals surface area contributed by atoms with E-state index in [1.807, 2.05) is 0 Å². The van der Waals surface area contributed by atoms with E-state index in [-0.39, 0.29) is 0 Å². The van der Waals surface area contributed by atoms with Crippen molar-refractivity contribution >= 4 is 5.82 Å². The van der Waals surface area contributed by atoms with Crippen molar-refractivity contribution in [1.29, 1.82) is 0 Å². The zero-order valence-electron chi connectivity index (χ0n) is 10.1. The van der Waals surface area contributed by atoms with Gasteiger partial charge in [0.1, 0.15) is 0 Å². The third-order valence-electron chi connectivity index (χ3n) is 4.42. The van der Waals surface area contributed by atoms with Crippen molar-refractivity contribution in [2.24, 2.45) is 5.41 Å². The Morgan fingerprint density at radius 3 is 2.88 bits per heavy atom. The second kappa shape index (κ2) is 3.79. The molecule has 1 heterocycles. The summed E-state index contributed by atoms with van der Waals surface area (Å²) in [5, 5.41) is 11.0. The molecule has 0 saturated heterocycles. The maximum absolute atomic E-state index is 4.41. The Morgan fingerprint density at radius 1 is 1.31 bits per heavy atom. The first-order valence-corrected chi connectivity index (χ1v) is 6.63. The maximum atomic E-state index is 4.41. The Kier molecular flexibility index (Phi) is 2.41. The van der Waals surface area contributed by atoms with Gasteiger partial charge >= 0.3 is 0 Å². The highest BCUT2D eigenvalue weighted by atomic mass is 15.2. The summed E-state index contributed by atoms with van der Waals surface area (Å²) in [6.45, 7) is 3.10. The molecular weight excluding hydrogens is 198 g/mol. The van der Waals surface area contributed by atoms with Gasteiger partial charge in [0.2, 0.25) is 0 Å². The first-order chi connectivity index (χ1) is 7.83. The van der Waals surface area contributed by atoms with Crippen LogP contribution in [0.4, 0.5) is 5.82 Å². The van der Waals surface area contributed by atoms with Crippen LogP contribution in [-0.4, -0.2) is 16.7 Å². The first-order valence-electron chi connectivity index (χ1n) is 6.63. The quantitative estimate of drug-likeness (QED) is 0.803. The van der Waals surface area contributed by atoms with Crippen molar-refractivity contribution in [1.82, 2.24) is 10.2 Å². The number of aromatic nitrogens is 2. The average molecular weight is 219 g/mol. The van der Waals surface area contributed by atoms with Crippen LogP contribution in [0.5, 0.6) is 0 Å². The van der Waals surface area contributed by atoms with Crippen molar-refractivity contribution in [2.75, 3.05) is 11.9 Å². The number of rotatable bonds is 2. The lowest BCUT2D eigenvalue weighted by molar-refractivity contribution is 0.254. The molecule has 1 saturated carbocycles. The fourth-order valence-corrected chi connectivity index (χ4v) is 3.52. The van der Waals surface area contributed by atoms with Gasteiger partial charge in [-0.15, -0.1) is 0 Å². The van der Waals surface area contributed by atoms with Crippen LogP contribution in [0.25, 0.3) is 0 Å². The minimum absolute atomic E-state index is 0.626. The fraction of sp³-hybridized carbons (Fsp3) is 0.769. The molecule has 3 rings (SSSR count). The van der Waals surface area contributed by atoms with Gasteiger partial charge in [-0.3, -0.25) is 5.10 Å². The smallest absolute Gasteiger partial charge is 0.151 e. The predicted molar refractivity (Wildman–Crippen MR) is 65.7 cm³/mol. The van der Waals surface area contributed by atoms with E-state index in [2.05, 4.69) is 22.4 Å². The monoisotopic (exact) mass is 219 g/mol. The Labute approximate surface area is 97.0 Å². The largest absolute Gasteiger partial charge is 0.369 e. The molecule has 2 N–H and O–H groups in total. The molecule has 1 fully saturated rings. The zero-order valence-corrected chi connectivity index (χ0v) is 10.1. The molecule has 2 aliphatic carbocycles. The van der Waals surface area contributed by atoms with Crippen LogP contribution in [0.15, 0.2) is 0 Å². The standard InChI is InChI=1S/C13H21N3/c1-2-14-12-10-9-13(6-3-4-7-13)8-5-11(10)15-16-12/h2-9H2,1H3,(H2,14,15,16). The van der Waals surface area contributed by atoms with Crippen molar-refractivity contribution < 1.29 is 0 Å². The Bertz CT molecular complexity index is 375. The van der Waals surface area contributed by atoms with Crippen molar-refractivity contribution in [3.63, 3.8) is 0 Å². The maximum Gasteiger partial charge on any atom is 0.151 e. The van der Waals surface area contributed by atoms with E-state index in [1.54, 1.807) is 0 Å². The predicted octanol–water partition coefficient (Wildman–Crippen LogP) is 2.89. The third kappa shape index (κ3) is 1.53. The van der Waals surface area contributed by atoms with E-state index in [4.69, 9.17) is 0 Å². The summed E-state index contributed by atoms with van der Waals surface area (Å²) in [5.41, 5.74) is 3.49. The van der Waals surface area contributed by atoms with Gasteiger partial charge < -0.3 is 5.32 Å². The fourth-order valence-electron chi connectivity index (χ4n) is 3.52. The molecule has 0 aromatic carbocycles. The minimum Gasteiger partial charge on any atom is -0.369 e. The van der Waals surface area contributed by atoms with Crippen LogP contribution in [-0.2, 0) is 12.8 Å². The van der Waals surface area contributed by atoms with E-state index >= 15 is 0 Å². The highest BCUT2D eigenvalue weighted by Gasteiger charge is 2.38. The van der Waals surface area contributed by atoms with Crippen LogP contribution in [0.1, 0.15) is 50.3 Å². The lowest BCUT2D eigenvalue weighted by Crippen LogP contribution is -2.25. The van der Waals surface area contributed by atoms with E-state index in [0.29, 0.717) is 5.41 Å². The van der Waals surface area contributed by atoms with Crippen molar-refractivity contribution in [2.45, 2.75) is 51.9 Å². The van der Waals surface area contributed by atoms with Crippen molar-refractivity contribution in [3.8, 4) is 0 Å². The van der Waals surface area contributed by atoms with Gasteiger partial charge in [-0.2, -0.15) is 5.10 Å². The number of anilines is 1. The summed E-state index contributed by atoms with van der Waals surface area (Å²) in [6.07, 6.45) is 9.56. The van der Waals surface area contributed by atoms with Gasteiger partial charge in [0.05, 0.1) is 0 Å². The van der Waals surface area contributed by atoms with Crippen LogP contribution >= 0.6 is 0 Å². The minimum atomic E-state index is 0.626. The molecule has 1 aromatic heterocycles. The van der Waals surface area contributed by atoms with Gasteiger partial charge in [0.15, 0.2) is 5.82 Å². The molecule has 3 heteroatoms. The molecule has 0 unspecified atom stereocenters. The third-order valence-corrected chi connectivity index (χ3v) is 4.42. The number of aromatic amines is 1. The molecule has 0 bridgehead atoms. The second-order valence-electron chi connectivity index (χ2n) is 5.44. The molecule has 88 valence electrons. The molecule has 0 aliphatic heterocycles. The Morgan fingerprint density at radius 2 is 2.12 bits per heavy atom. The molecule has 0 radical (unpaired) electrons. The topological polar surface area (TPSA) is 40.7 Å². The summed E-state index contributed by atoms with van der Waals surface area (Å²) in [7, 11) is 0. The highest BCUT2D eigenvalue weighted by Crippen LogP contribution is 2.48. The summed E-state index contributed by atoms with van der Waals surface area (Å²) < 4.78 is 0. The van der Waals surface area contributed by atoms with E-state index in [1.165, 1.54) is 56.2 Å². The molecule has 1 aromatic rings. The number of aryl methyl sites for hydroxylation is 1. The average Bonchev–Trinajstić information content (AvgIpc) is 2.89. The number of fused-ring (bicyclic) bond motifs is 1. The van der Waals surface area contributed by atoms with E-state index in [9.17, 15) is 0 Å². The van der Waals surface area contributed by atoms with Gasteiger partial charge in [0.25, 0.3) is 0 Å². The summed E-state index contributed by atoms with van der Waals surface area (Å²) in [6, 6.07) is 0. The van der Waals surface area contributed by atoms with Crippen LogP contribution in [0.3, 0.4) is 0 Å². The molecule has 1 spiro atoms. The Hall–Kier alpha value is -0.990. The molecule has 0 atom stereocenters. The summed E-state index contributed by atoms with van der Waals surface area (Å²) in [5.74, 6) is 1.11. The molecule has 2 aliphatic rings. The lowest BCUT2D eigenvalue weighted by atomic mass is 9.72. The molecule has 0 amide bonds. The SMILES string of the molecule is CCNc1n[nH]c2c1CC1(CCCC1)CC2.